The zero-order valence-electron chi connectivity index (χ0n) is 16.0. The van der Waals surface area contributed by atoms with E-state index in [-0.39, 0.29) is 17.7 Å². The molecule has 6 nitrogen and oxygen atoms in total. The second kappa shape index (κ2) is 8.61. The number of ether oxygens (including phenoxy) is 2. The van der Waals surface area contributed by atoms with Gasteiger partial charge in [-0.05, 0) is 43.5 Å². The van der Waals surface area contributed by atoms with E-state index in [1.807, 2.05) is 42.5 Å². The molecule has 2 aromatic rings. The van der Waals surface area contributed by atoms with Crippen LogP contribution in [0.2, 0.25) is 0 Å². The number of anilines is 1. The smallest absolute Gasteiger partial charge is 0.319 e. The first-order chi connectivity index (χ1) is 13.7. The highest BCUT2D eigenvalue weighted by Gasteiger charge is 2.42. The number of para-hydroxylation sites is 2. The van der Waals surface area contributed by atoms with Crippen LogP contribution in [0.25, 0.3) is 0 Å². The maximum Gasteiger partial charge on any atom is 0.319 e. The molecule has 0 radical (unpaired) electrons. The predicted octanol–water partition coefficient (Wildman–Crippen LogP) is 3.93. The topological polar surface area (TPSA) is 72.5 Å². The van der Waals surface area contributed by atoms with E-state index in [1.165, 1.54) is 12.8 Å². The highest BCUT2D eigenvalue weighted by atomic mass is 16.5. The first-order valence-electron chi connectivity index (χ1n) is 10.1. The summed E-state index contributed by atoms with van der Waals surface area (Å²) in [5, 5.41) is 5.97. The van der Waals surface area contributed by atoms with Crippen molar-refractivity contribution >= 4 is 11.7 Å². The van der Waals surface area contributed by atoms with Crippen molar-refractivity contribution in [3.63, 3.8) is 0 Å². The molecular weight excluding hydrogens is 354 g/mol. The van der Waals surface area contributed by atoms with Crippen LogP contribution in [0, 0.1) is 0 Å². The molecule has 148 valence electrons. The van der Waals surface area contributed by atoms with Crippen LogP contribution in [0.15, 0.2) is 48.7 Å². The van der Waals surface area contributed by atoms with E-state index in [2.05, 4.69) is 15.6 Å². The Labute approximate surface area is 165 Å². The summed E-state index contributed by atoms with van der Waals surface area (Å²) in [6, 6.07) is 13.2. The number of nitrogens with zero attached hydrogens (tertiary/aromatic N) is 1. The minimum atomic E-state index is -0.218. The van der Waals surface area contributed by atoms with E-state index in [1.54, 1.807) is 6.20 Å². The van der Waals surface area contributed by atoms with Gasteiger partial charge in [-0.2, -0.15) is 0 Å². The maximum atomic E-state index is 12.5. The van der Waals surface area contributed by atoms with E-state index >= 15 is 0 Å². The van der Waals surface area contributed by atoms with E-state index in [9.17, 15) is 4.79 Å². The van der Waals surface area contributed by atoms with Crippen molar-refractivity contribution in [3.8, 4) is 5.75 Å². The summed E-state index contributed by atoms with van der Waals surface area (Å²) in [5.74, 6) is 0.656. The summed E-state index contributed by atoms with van der Waals surface area (Å²) in [6.45, 7) is 1.09. The highest BCUT2D eigenvalue weighted by molar-refractivity contribution is 5.91. The minimum Gasteiger partial charge on any atom is -0.491 e. The molecule has 0 unspecified atom stereocenters. The SMILES string of the molecule is O=C(Nc1ccccc1OCCc1ccccn1)N[C@H]1COC2(CCCC2)C1. The molecule has 1 aliphatic heterocycles. The van der Waals surface area contributed by atoms with E-state index in [0.29, 0.717) is 31.1 Å². The Bertz CT molecular complexity index is 791. The van der Waals surface area contributed by atoms with Crippen molar-refractivity contribution in [3.05, 3.63) is 54.4 Å². The minimum absolute atomic E-state index is 0.00440. The Balaban J connectivity index is 1.29. The number of amides is 2. The number of urea groups is 1. The normalized spacial score (nSPS) is 20.2. The molecule has 1 aromatic carbocycles. The van der Waals surface area contributed by atoms with Gasteiger partial charge in [0.05, 0.1) is 30.5 Å². The lowest BCUT2D eigenvalue weighted by atomic mass is 9.96. The van der Waals surface area contributed by atoms with E-state index in [0.717, 1.165) is 25.0 Å². The molecule has 1 atom stereocenters. The molecule has 2 amide bonds. The standard InChI is InChI=1S/C22H27N3O3/c26-21(24-18-15-22(28-16-18)11-4-5-12-22)25-19-8-1-2-9-20(19)27-14-10-17-7-3-6-13-23-17/h1-3,6-9,13,18H,4-5,10-12,14-16H2,(H2,24,25,26)/t18-/m1/s1. The lowest BCUT2D eigenvalue weighted by Crippen LogP contribution is -2.39. The molecule has 1 spiro atoms. The summed E-state index contributed by atoms with van der Waals surface area (Å²) in [5.41, 5.74) is 1.65. The number of rotatable bonds is 6. The van der Waals surface area contributed by atoms with Crippen LogP contribution in [-0.4, -0.2) is 35.9 Å². The average Bonchev–Trinajstić information content (AvgIpc) is 3.33. The van der Waals surface area contributed by atoms with Crippen LogP contribution in [0.4, 0.5) is 10.5 Å². The molecule has 2 fully saturated rings. The lowest BCUT2D eigenvalue weighted by Gasteiger charge is -2.21. The third-order valence-electron chi connectivity index (χ3n) is 5.54. The monoisotopic (exact) mass is 381 g/mol. The molecule has 2 aliphatic rings. The molecule has 28 heavy (non-hydrogen) atoms. The first-order valence-corrected chi connectivity index (χ1v) is 10.1. The molecule has 0 bridgehead atoms. The van der Waals surface area contributed by atoms with Gasteiger partial charge in [-0.15, -0.1) is 0 Å². The van der Waals surface area contributed by atoms with E-state index in [4.69, 9.17) is 9.47 Å². The van der Waals surface area contributed by atoms with Crippen molar-refractivity contribution < 1.29 is 14.3 Å². The molecular formula is C22H27N3O3. The predicted molar refractivity (Wildman–Crippen MR) is 108 cm³/mol. The summed E-state index contributed by atoms with van der Waals surface area (Å²) < 4.78 is 11.9. The fourth-order valence-corrected chi connectivity index (χ4v) is 4.16. The Kier molecular flexibility index (Phi) is 5.76. The first kappa shape index (κ1) is 18.7. The van der Waals surface area contributed by atoms with Gasteiger partial charge in [-0.25, -0.2) is 4.79 Å². The quantitative estimate of drug-likeness (QED) is 0.795. The summed E-state index contributed by atoms with van der Waals surface area (Å²) >= 11 is 0. The van der Waals surface area contributed by atoms with Crippen LogP contribution >= 0.6 is 0 Å². The van der Waals surface area contributed by atoms with Crippen LogP contribution in [-0.2, 0) is 11.2 Å². The van der Waals surface area contributed by atoms with Crippen molar-refractivity contribution in [2.24, 2.45) is 0 Å². The van der Waals surface area contributed by atoms with E-state index < -0.39 is 0 Å². The van der Waals surface area contributed by atoms with Gasteiger partial charge in [0, 0.05) is 18.3 Å². The van der Waals surface area contributed by atoms with Crippen molar-refractivity contribution in [1.82, 2.24) is 10.3 Å². The van der Waals surface area contributed by atoms with Crippen LogP contribution < -0.4 is 15.4 Å². The van der Waals surface area contributed by atoms with Crippen LogP contribution in [0.5, 0.6) is 5.75 Å². The Morgan fingerprint density at radius 2 is 2.00 bits per heavy atom. The molecule has 1 aromatic heterocycles. The molecule has 4 rings (SSSR count). The van der Waals surface area contributed by atoms with Crippen molar-refractivity contribution in [1.29, 1.82) is 0 Å². The molecule has 2 heterocycles. The number of hydrogen-bond acceptors (Lipinski definition) is 4. The second-order valence-electron chi connectivity index (χ2n) is 7.62. The lowest BCUT2D eigenvalue weighted by molar-refractivity contribution is 0.00998. The third-order valence-corrected chi connectivity index (χ3v) is 5.54. The number of hydrogen-bond donors (Lipinski definition) is 2. The largest absolute Gasteiger partial charge is 0.491 e. The van der Waals surface area contributed by atoms with Gasteiger partial charge in [0.2, 0.25) is 0 Å². The highest BCUT2D eigenvalue weighted by Crippen LogP contribution is 2.40. The van der Waals surface area contributed by atoms with Crippen molar-refractivity contribution in [2.75, 3.05) is 18.5 Å². The molecule has 2 N–H and O–H groups in total. The fourth-order valence-electron chi connectivity index (χ4n) is 4.16. The Hall–Kier alpha value is -2.60. The number of carbonyl (C=O) groups is 1. The maximum absolute atomic E-state index is 12.5. The molecule has 6 heteroatoms. The van der Waals surface area contributed by atoms with Crippen molar-refractivity contribution in [2.45, 2.75) is 50.2 Å². The van der Waals surface area contributed by atoms with Gasteiger partial charge in [0.1, 0.15) is 5.75 Å². The number of carbonyl (C=O) groups excluding carboxylic acids is 1. The molecule has 1 saturated heterocycles. The second-order valence-corrected chi connectivity index (χ2v) is 7.62. The number of pyridine rings is 1. The van der Waals surface area contributed by atoms with Gasteiger partial charge in [-0.3, -0.25) is 4.98 Å². The van der Waals surface area contributed by atoms with Gasteiger partial charge in [0.15, 0.2) is 0 Å². The Morgan fingerprint density at radius 1 is 1.18 bits per heavy atom. The van der Waals surface area contributed by atoms with Gasteiger partial charge >= 0.3 is 6.03 Å². The van der Waals surface area contributed by atoms with Gasteiger partial charge < -0.3 is 20.1 Å². The Morgan fingerprint density at radius 3 is 2.82 bits per heavy atom. The fraction of sp³-hybridized carbons (Fsp3) is 0.455. The zero-order chi connectivity index (χ0) is 19.2. The number of aromatic nitrogens is 1. The summed E-state index contributed by atoms with van der Waals surface area (Å²) in [4.78, 5) is 16.8. The van der Waals surface area contributed by atoms with Crippen LogP contribution in [0.3, 0.4) is 0 Å². The summed E-state index contributed by atoms with van der Waals surface area (Å²) in [6.07, 6.45) is 8.06. The molecule has 1 saturated carbocycles. The summed E-state index contributed by atoms with van der Waals surface area (Å²) in [7, 11) is 0. The van der Waals surface area contributed by atoms with Gasteiger partial charge in [-0.1, -0.05) is 31.0 Å². The van der Waals surface area contributed by atoms with Crippen LogP contribution in [0.1, 0.15) is 37.8 Å². The average molecular weight is 381 g/mol. The third kappa shape index (κ3) is 4.62. The van der Waals surface area contributed by atoms with Gasteiger partial charge in [0.25, 0.3) is 0 Å². The molecule has 1 aliphatic carbocycles. The number of nitrogens with one attached hydrogen (secondary N) is 2. The zero-order valence-corrected chi connectivity index (χ0v) is 16.0. The number of benzene rings is 1.